The minimum absolute atomic E-state index is 0.107. The van der Waals surface area contributed by atoms with Crippen LogP contribution in [0.2, 0.25) is 5.02 Å². The van der Waals surface area contributed by atoms with Gasteiger partial charge in [-0.05, 0) is 30.7 Å². The molecule has 20 heavy (non-hydrogen) atoms. The van der Waals surface area contributed by atoms with Crippen LogP contribution >= 0.6 is 11.6 Å². The molecule has 2 aromatic rings. The fourth-order valence-corrected chi connectivity index (χ4v) is 1.84. The van der Waals surface area contributed by atoms with Gasteiger partial charge in [0.2, 0.25) is 0 Å². The zero-order valence-electron chi connectivity index (χ0n) is 10.9. The molecule has 104 valence electrons. The monoisotopic (exact) mass is 293 g/mol. The normalized spacial score (nSPS) is 10.2. The smallest absolute Gasteiger partial charge is 0.276 e. The molecule has 2 N–H and O–H groups in total. The van der Waals surface area contributed by atoms with Crippen molar-refractivity contribution in [3.05, 3.63) is 50.9 Å². The van der Waals surface area contributed by atoms with Gasteiger partial charge in [-0.1, -0.05) is 11.6 Å². The maximum absolute atomic E-state index is 12.0. The summed E-state index contributed by atoms with van der Waals surface area (Å²) in [5.41, 5.74) is 1.08. The van der Waals surface area contributed by atoms with E-state index in [4.69, 9.17) is 16.3 Å². The summed E-state index contributed by atoms with van der Waals surface area (Å²) < 4.78 is 5.09. The summed E-state index contributed by atoms with van der Waals surface area (Å²) in [7, 11) is 1.52. The lowest BCUT2D eigenvalue weighted by Gasteiger charge is -2.11. The van der Waals surface area contributed by atoms with Gasteiger partial charge in [0.15, 0.2) is 0 Å². The van der Waals surface area contributed by atoms with E-state index in [1.54, 1.807) is 12.1 Å². The summed E-state index contributed by atoms with van der Waals surface area (Å²) >= 11 is 6.01. The van der Waals surface area contributed by atoms with E-state index in [2.05, 4.69) is 15.5 Å². The molecule has 0 aliphatic heterocycles. The summed E-state index contributed by atoms with van der Waals surface area (Å²) in [6.45, 7) is 1.81. The van der Waals surface area contributed by atoms with Crippen molar-refractivity contribution in [3.63, 3.8) is 0 Å². The van der Waals surface area contributed by atoms with Crippen LogP contribution in [0, 0.1) is 6.92 Å². The van der Waals surface area contributed by atoms with Crippen LogP contribution in [-0.2, 0) is 0 Å². The maximum Gasteiger partial charge on any atom is 0.276 e. The highest BCUT2D eigenvalue weighted by molar-refractivity contribution is 6.32. The zero-order valence-corrected chi connectivity index (χ0v) is 11.6. The molecule has 0 spiro atoms. The summed E-state index contributed by atoms with van der Waals surface area (Å²) in [5.74, 6) is 0.0925. The Morgan fingerprint density at radius 3 is 2.75 bits per heavy atom. The fraction of sp³-hybridized carbons (Fsp3) is 0.154. The Bertz CT molecular complexity index is 692. The molecule has 0 bridgehead atoms. The van der Waals surface area contributed by atoms with Crippen LogP contribution in [0.5, 0.6) is 5.75 Å². The minimum atomic E-state index is -0.439. The van der Waals surface area contributed by atoms with Crippen molar-refractivity contribution >= 4 is 23.2 Å². The van der Waals surface area contributed by atoms with Crippen LogP contribution in [0.15, 0.2) is 29.1 Å². The van der Waals surface area contributed by atoms with Crippen LogP contribution in [0.25, 0.3) is 0 Å². The number of methoxy groups -OCH3 is 1. The van der Waals surface area contributed by atoms with Gasteiger partial charge in [0.25, 0.3) is 11.5 Å². The van der Waals surface area contributed by atoms with Crippen LogP contribution in [-0.4, -0.2) is 23.2 Å². The third-order valence-corrected chi connectivity index (χ3v) is 2.95. The molecule has 0 atom stereocenters. The van der Waals surface area contributed by atoms with Crippen molar-refractivity contribution < 1.29 is 9.53 Å². The highest BCUT2D eigenvalue weighted by Gasteiger charge is 2.12. The predicted octanol–water partition coefficient (Wildman–Crippen LogP) is 1.99. The topological polar surface area (TPSA) is 84.1 Å². The molecule has 0 radical (unpaired) electrons. The van der Waals surface area contributed by atoms with Gasteiger partial charge in [0.05, 0.1) is 12.1 Å². The first-order chi connectivity index (χ1) is 9.51. The van der Waals surface area contributed by atoms with Gasteiger partial charge in [-0.3, -0.25) is 9.59 Å². The molecule has 1 heterocycles. The first-order valence-electron chi connectivity index (χ1n) is 5.72. The molecule has 1 aromatic carbocycles. The lowest BCUT2D eigenvalue weighted by atomic mass is 10.2. The Kier molecular flexibility index (Phi) is 4.05. The number of halogens is 1. The molecule has 0 aliphatic rings. The third-order valence-electron chi connectivity index (χ3n) is 2.66. The standard InChI is InChI=1S/C13H12ClN3O3/c1-7-5-11(20-2)8(14)6-10(7)15-13(19)9-3-4-12(18)17-16-9/h3-6H,1-2H3,(H,15,19)(H,17,18). The van der Waals surface area contributed by atoms with Gasteiger partial charge in [-0.25, -0.2) is 5.10 Å². The number of benzene rings is 1. The summed E-state index contributed by atoms with van der Waals surface area (Å²) in [5, 5.41) is 8.92. The zero-order chi connectivity index (χ0) is 14.7. The fourth-order valence-electron chi connectivity index (χ4n) is 1.60. The second-order valence-corrected chi connectivity index (χ2v) is 4.47. The molecule has 7 heteroatoms. The molecule has 0 saturated heterocycles. The van der Waals surface area contributed by atoms with Gasteiger partial charge in [-0.2, -0.15) is 5.10 Å². The summed E-state index contributed by atoms with van der Waals surface area (Å²) in [4.78, 5) is 22.9. The lowest BCUT2D eigenvalue weighted by Crippen LogP contribution is -2.18. The molecule has 1 aromatic heterocycles. The third kappa shape index (κ3) is 2.97. The molecule has 0 unspecified atom stereocenters. The van der Waals surface area contributed by atoms with E-state index >= 15 is 0 Å². The number of carbonyl (C=O) groups excluding carboxylic acids is 1. The molecular weight excluding hydrogens is 282 g/mol. The number of hydrogen-bond acceptors (Lipinski definition) is 4. The van der Waals surface area contributed by atoms with E-state index in [1.165, 1.54) is 19.2 Å². The average Bonchev–Trinajstić information content (AvgIpc) is 2.43. The molecule has 6 nitrogen and oxygen atoms in total. The van der Waals surface area contributed by atoms with E-state index in [1.807, 2.05) is 6.92 Å². The molecule has 2 rings (SSSR count). The lowest BCUT2D eigenvalue weighted by molar-refractivity contribution is 0.102. The Hall–Kier alpha value is -2.34. The Labute approximate surface area is 119 Å². The first kappa shape index (κ1) is 14.1. The van der Waals surface area contributed by atoms with Crippen molar-refractivity contribution in [2.75, 3.05) is 12.4 Å². The number of amides is 1. The second kappa shape index (κ2) is 5.75. The maximum atomic E-state index is 12.0. The molecular formula is C13H12ClN3O3. The summed E-state index contributed by atoms with van der Waals surface area (Å²) in [6.07, 6.45) is 0. The SMILES string of the molecule is COc1cc(C)c(NC(=O)c2ccc(=O)[nH]n2)cc1Cl. The van der Waals surface area contributed by atoms with Crippen molar-refractivity contribution in [2.24, 2.45) is 0 Å². The largest absolute Gasteiger partial charge is 0.495 e. The van der Waals surface area contributed by atoms with Gasteiger partial charge < -0.3 is 10.1 Å². The number of carbonyl (C=O) groups is 1. The number of nitrogens with zero attached hydrogens (tertiary/aromatic N) is 1. The van der Waals surface area contributed by atoms with Crippen molar-refractivity contribution in [1.29, 1.82) is 0 Å². The first-order valence-corrected chi connectivity index (χ1v) is 6.10. The number of aromatic nitrogens is 2. The van der Waals surface area contributed by atoms with E-state index in [9.17, 15) is 9.59 Å². The van der Waals surface area contributed by atoms with E-state index < -0.39 is 5.91 Å². The number of ether oxygens (including phenoxy) is 1. The van der Waals surface area contributed by atoms with Crippen LogP contribution in [0.1, 0.15) is 16.1 Å². The Morgan fingerprint density at radius 1 is 1.40 bits per heavy atom. The number of nitrogens with one attached hydrogen (secondary N) is 2. The van der Waals surface area contributed by atoms with Crippen molar-refractivity contribution in [1.82, 2.24) is 10.2 Å². The number of aromatic amines is 1. The molecule has 0 saturated carbocycles. The van der Waals surface area contributed by atoms with Gasteiger partial charge >= 0.3 is 0 Å². The van der Waals surface area contributed by atoms with Crippen LogP contribution in [0.3, 0.4) is 0 Å². The Morgan fingerprint density at radius 2 is 2.15 bits per heavy atom. The van der Waals surface area contributed by atoms with Crippen LogP contribution in [0.4, 0.5) is 5.69 Å². The van der Waals surface area contributed by atoms with Crippen LogP contribution < -0.4 is 15.6 Å². The van der Waals surface area contributed by atoms with Crippen molar-refractivity contribution in [3.8, 4) is 5.75 Å². The summed E-state index contributed by atoms with van der Waals surface area (Å²) in [6, 6.07) is 5.89. The Balaban J connectivity index is 2.26. The predicted molar refractivity (Wildman–Crippen MR) is 75.6 cm³/mol. The van der Waals surface area contributed by atoms with Crippen molar-refractivity contribution in [2.45, 2.75) is 6.92 Å². The number of anilines is 1. The van der Waals surface area contributed by atoms with E-state index in [0.717, 1.165) is 5.56 Å². The quantitative estimate of drug-likeness (QED) is 0.906. The molecule has 0 aliphatic carbocycles. The average molecular weight is 294 g/mol. The molecule has 0 fully saturated rings. The number of hydrogen-bond donors (Lipinski definition) is 2. The van der Waals surface area contributed by atoms with E-state index in [-0.39, 0.29) is 11.3 Å². The highest BCUT2D eigenvalue weighted by Crippen LogP contribution is 2.30. The number of aryl methyl sites for hydroxylation is 1. The number of rotatable bonds is 3. The van der Waals surface area contributed by atoms with Gasteiger partial charge in [-0.15, -0.1) is 0 Å². The second-order valence-electron chi connectivity index (χ2n) is 4.06. The minimum Gasteiger partial charge on any atom is -0.495 e. The highest BCUT2D eigenvalue weighted by atomic mass is 35.5. The van der Waals surface area contributed by atoms with Gasteiger partial charge in [0, 0.05) is 11.8 Å². The van der Waals surface area contributed by atoms with E-state index in [0.29, 0.717) is 16.5 Å². The van der Waals surface area contributed by atoms with Gasteiger partial charge in [0.1, 0.15) is 11.4 Å². The number of H-pyrrole nitrogens is 1. The molecule has 1 amide bonds.